The van der Waals surface area contributed by atoms with Gasteiger partial charge in [0.15, 0.2) is 5.75 Å². The van der Waals surface area contributed by atoms with Gasteiger partial charge in [0, 0.05) is 20.1 Å². The number of hydrogen-bond acceptors (Lipinski definition) is 6. The number of aromatic hydroxyl groups is 1. The van der Waals surface area contributed by atoms with Gasteiger partial charge in [-0.2, -0.15) is 0 Å². The quantitative estimate of drug-likeness (QED) is 0.329. The van der Waals surface area contributed by atoms with Crippen LogP contribution in [0.1, 0.15) is 56.3 Å². The summed E-state index contributed by atoms with van der Waals surface area (Å²) in [5.74, 6) is -0.613. The number of amides is 1. The van der Waals surface area contributed by atoms with E-state index in [0.29, 0.717) is 0 Å². The number of rotatable bonds is 10. The van der Waals surface area contributed by atoms with Crippen molar-refractivity contribution in [2.24, 2.45) is 0 Å². The molecule has 2 aromatic rings. The Hall–Kier alpha value is -2.83. The SMILES string of the molecule is CCCCCCC(C)Nc1c(Nc2cccc(C(=O)N(C)C)c2O)c(=O)c1=O. The first-order valence-corrected chi connectivity index (χ1v) is 9.68. The molecule has 1 unspecified atom stereocenters. The maximum absolute atomic E-state index is 12.2. The molecule has 0 radical (unpaired) electrons. The van der Waals surface area contributed by atoms with Crippen molar-refractivity contribution in [3.05, 3.63) is 44.2 Å². The minimum atomic E-state index is -0.635. The molecule has 0 bridgehead atoms. The second-order valence-electron chi connectivity index (χ2n) is 7.33. The van der Waals surface area contributed by atoms with Crippen molar-refractivity contribution in [3.63, 3.8) is 0 Å². The van der Waals surface area contributed by atoms with Gasteiger partial charge < -0.3 is 20.6 Å². The van der Waals surface area contributed by atoms with E-state index >= 15 is 0 Å². The number of carbonyl (C=O) groups is 1. The monoisotopic (exact) mass is 387 g/mol. The summed E-state index contributed by atoms with van der Waals surface area (Å²) in [6.07, 6.45) is 5.43. The van der Waals surface area contributed by atoms with Gasteiger partial charge in [-0.15, -0.1) is 0 Å². The minimum absolute atomic E-state index is 0.0518. The van der Waals surface area contributed by atoms with Gasteiger partial charge in [0.1, 0.15) is 11.4 Å². The molecule has 1 atom stereocenters. The van der Waals surface area contributed by atoms with Crippen LogP contribution in [0.25, 0.3) is 0 Å². The standard InChI is InChI=1S/C21H29N3O4/c1-5-6-7-8-10-13(2)22-16-17(20(27)19(16)26)23-15-12-9-11-14(18(15)25)21(28)24(3)4/h9,11-13,22-23,25H,5-8,10H2,1-4H3. The molecule has 0 fully saturated rings. The number of hydrogen-bond donors (Lipinski definition) is 3. The molecule has 0 aromatic heterocycles. The Morgan fingerprint density at radius 2 is 1.79 bits per heavy atom. The summed E-state index contributed by atoms with van der Waals surface area (Å²) >= 11 is 0. The normalized spacial score (nSPS) is 12.0. The summed E-state index contributed by atoms with van der Waals surface area (Å²) in [6, 6.07) is 4.71. The highest BCUT2D eigenvalue weighted by molar-refractivity contribution is 5.99. The first kappa shape index (κ1) is 21.5. The molecule has 0 aliphatic carbocycles. The maximum atomic E-state index is 12.2. The molecule has 7 heteroatoms. The number of phenols is 1. The molecule has 7 nitrogen and oxygen atoms in total. The molecule has 0 saturated heterocycles. The van der Waals surface area contributed by atoms with Crippen molar-refractivity contribution < 1.29 is 9.90 Å². The lowest BCUT2D eigenvalue weighted by atomic mass is 10.1. The second-order valence-corrected chi connectivity index (χ2v) is 7.33. The van der Waals surface area contributed by atoms with E-state index in [9.17, 15) is 19.5 Å². The molecule has 0 saturated carbocycles. The number of benzene rings is 1. The van der Waals surface area contributed by atoms with Crippen molar-refractivity contribution in [2.75, 3.05) is 24.7 Å². The Kier molecular flexibility index (Phi) is 7.20. The van der Waals surface area contributed by atoms with E-state index in [0.717, 1.165) is 25.7 Å². The van der Waals surface area contributed by atoms with Crippen LogP contribution in [0.5, 0.6) is 5.75 Å². The van der Waals surface area contributed by atoms with Gasteiger partial charge in [-0.25, -0.2) is 0 Å². The fourth-order valence-electron chi connectivity index (χ4n) is 3.04. The maximum Gasteiger partial charge on any atom is 0.257 e. The molecule has 152 valence electrons. The van der Waals surface area contributed by atoms with Crippen LogP contribution in [0.15, 0.2) is 27.8 Å². The lowest BCUT2D eigenvalue weighted by molar-refractivity contribution is 0.0824. The molecule has 28 heavy (non-hydrogen) atoms. The van der Waals surface area contributed by atoms with Gasteiger partial charge in [-0.1, -0.05) is 38.7 Å². The highest BCUT2D eigenvalue weighted by Crippen LogP contribution is 2.32. The Bertz CT molecular complexity index is 898. The van der Waals surface area contributed by atoms with E-state index in [-0.39, 0.29) is 40.3 Å². The Labute approximate surface area is 165 Å². The van der Waals surface area contributed by atoms with E-state index in [4.69, 9.17) is 0 Å². The van der Waals surface area contributed by atoms with Crippen LogP contribution in [0.3, 0.4) is 0 Å². The molecule has 0 spiro atoms. The topological polar surface area (TPSA) is 98.7 Å². The lowest BCUT2D eigenvalue weighted by Gasteiger charge is -2.20. The van der Waals surface area contributed by atoms with Gasteiger partial charge in [0.2, 0.25) is 0 Å². The number of nitrogens with one attached hydrogen (secondary N) is 2. The molecule has 1 amide bonds. The van der Waals surface area contributed by atoms with Crippen molar-refractivity contribution in [2.45, 2.75) is 52.0 Å². The summed E-state index contributed by atoms with van der Waals surface area (Å²) in [6.45, 7) is 4.13. The third-order valence-electron chi connectivity index (χ3n) is 4.72. The molecule has 3 N–H and O–H groups in total. The first-order chi connectivity index (χ1) is 13.3. The predicted octanol–water partition coefficient (Wildman–Crippen LogP) is 3.20. The van der Waals surface area contributed by atoms with E-state index in [1.54, 1.807) is 26.2 Å². The summed E-state index contributed by atoms with van der Waals surface area (Å²) < 4.78 is 0. The van der Waals surface area contributed by atoms with Crippen LogP contribution in [-0.2, 0) is 0 Å². The molecule has 0 heterocycles. The van der Waals surface area contributed by atoms with Crippen LogP contribution in [-0.4, -0.2) is 36.1 Å². The molecular formula is C21H29N3O4. The van der Waals surface area contributed by atoms with Crippen LogP contribution in [0.2, 0.25) is 0 Å². The third kappa shape index (κ3) is 4.71. The highest BCUT2D eigenvalue weighted by Gasteiger charge is 2.24. The Morgan fingerprint density at radius 3 is 2.43 bits per heavy atom. The van der Waals surface area contributed by atoms with E-state index in [1.165, 1.54) is 17.4 Å². The van der Waals surface area contributed by atoms with Crippen molar-refractivity contribution in [1.82, 2.24) is 4.90 Å². The zero-order chi connectivity index (χ0) is 20.8. The number of phenolic OH excluding ortho intramolecular Hbond substituents is 1. The lowest BCUT2D eigenvalue weighted by Crippen LogP contribution is -2.38. The zero-order valence-corrected chi connectivity index (χ0v) is 17.0. The van der Waals surface area contributed by atoms with Crippen LogP contribution < -0.4 is 21.5 Å². The molecule has 2 rings (SSSR count). The number of carbonyl (C=O) groups excluding carboxylic acids is 1. The Morgan fingerprint density at radius 1 is 1.11 bits per heavy atom. The molecule has 0 aliphatic rings. The van der Waals surface area contributed by atoms with Crippen molar-refractivity contribution in [1.29, 1.82) is 0 Å². The first-order valence-electron chi connectivity index (χ1n) is 9.68. The van der Waals surface area contributed by atoms with Crippen LogP contribution in [0, 0.1) is 0 Å². The average molecular weight is 387 g/mol. The van der Waals surface area contributed by atoms with Gasteiger partial charge >= 0.3 is 0 Å². The third-order valence-corrected chi connectivity index (χ3v) is 4.72. The summed E-state index contributed by atoms with van der Waals surface area (Å²) in [5, 5.41) is 16.3. The van der Waals surface area contributed by atoms with Gasteiger partial charge in [-0.3, -0.25) is 14.4 Å². The number of unbranched alkanes of at least 4 members (excludes halogenated alkanes) is 3. The fraction of sp³-hybridized carbons (Fsp3) is 0.476. The fourth-order valence-corrected chi connectivity index (χ4v) is 3.04. The van der Waals surface area contributed by atoms with E-state index in [1.807, 2.05) is 6.92 Å². The average Bonchev–Trinajstić information content (AvgIpc) is 2.68. The van der Waals surface area contributed by atoms with Gasteiger partial charge in [0.05, 0.1) is 11.3 Å². The highest BCUT2D eigenvalue weighted by atomic mass is 16.3. The van der Waals surface area contributed by atoms with E-state index in [2.05, 4.69) is 17.6 Å². The molecule has 2 aromatic carbocycles. The summed E-state index contributed by atoms with van der Waals surface area (Å²) in [5.41, 5.74) is -0.523. The zero-order valence-electron chi connectivity index (χ0n) is 17.0. The number of para-hydroxylation sites is 1. The predicted molar refractivity (Wildman–Crippen MR) is 113 cm³/mol. The van der Waals surface area contributed by atoms with Gasteiger partial charge in [0.25, 0.3) is 16.8 Å². The molecular weight excluding hydrogens is 358 g/mol. The Balaban J connectivity index is 2.15. The molecule has 0 aliphatic heterocycles. The second kappa shape index (κ2) is 9.39. The smallest absolute Gasteiger partial charge is 0.257 e. The van der Waals surface area contributed by atoms with Crippen molar-refractivity contribution >= 4 is 23.0 Å². The van der Waals surface area contributed by atoms with Crippen molar-refractivity contribution in [3.8, 4) is 5.75 Å². The van der Waals surface area contributed by atoms with Gasteiger partial charge in [-0.05, 0) is 25.5 Å². The summed E-state index contributed by atoms with van der Waals surface area (Å²) in [4.78, 5) is 37.5. The largest absolute Gasteiger partial charge is 0.505 e. The number of anilines is 3. The minimum Gasteiger partial charge on any atom is -0.505 e. The van der Waals surface area contributed by atoms with E-state index < -0.39 is 10.9 Å². The van der Waals surface area contributed by atoms with Crippen LogP contribution in [0.4, 0.5) is 17.1 Å². The summed E-state index contributed by atoms with van der Waals surface area (Å²) in [7, 11) is 3.17. The number of nitrogens with zero attached hydrogens (tertiary/aromatic N) is 1. The van der Waals surface area contributed by atoms with Crippen LogP contribution >= 0.6 is 0 Å².